The number of rotatable bonds is 3. The van der Waals surface area contributed by atoms with Crippen LogP contribution >= 0.6 is 0 Å². The molecule has 0 atom stereocenters. The van der Waals surface area contributed by atoms with E-state index in [1.165, 1.54) is 6.07 Å². The van der Waals surface area contributed by atoms with Crippen molar-refractivity contribution in [1.29, 1.82) is 0 Å². The predicted molar refractivity (Wildman–Crippen MR) is 64.8 cm³/mol. The van der Waals surface area contributed by atoms with Crippen LogP contribution in [-0.2, 0) is 0 Å². The lowest BCUT2D eigenvalue weighted by molar-refractivity contribution is 0.0696. The van der Waals surface area contributed by atoms with Crippen LogP contribution in [0.3, 0.4) is 0 Å². The summed E-state index contributed by atoms with van der Waals surface area (Å²) in [6.07, 6.45) is 1.03. The number of benzene rings is 1. The molecule has 1 amide bonds. The standard InChI is InChI=1S/C13H11NO4/c1-8-2-4-10(5-3-8)14-12(15)11-6-9(7-18-11)13(16)17/h2-7H,1H3,(H,14,15)(H,16,17). The van der Waals surface area contributed by atoms with Gasteiger partial charge in [-0.25, -0.2) is 4.79 Å². The first-order chi connectivity index (χ1) is 8.56. The lowest BCUT2D eigenvalue weighted by Gasteiger charge is -2.02. The molecule has 2 N–H and O–H groups in total. The minimum absolute atomic E-state index is 0.0343. The summed E-state index contributed by atoms with van der Waals surface area (Å²) >= 11 is 0. The quantitative estimate of drug-likeness (QED) is 0.870. The van der Waals surface area contributed by atoms with Crippen LogP contribution in [0.2, 0.25) is 0 Å². The van der Waals surface area contributed by atoms with Gasteiger partial charge in [0.05, 0.1) is 5.56 Å². The lowest BCUT2D eigenvalue weighted by Crippen LogP contribution is -2.10. The number of hydrogen-bond acceptors (Lipinski definition) is 3. The second-order valence-electron chi connectivity index (χ2n) is 3.82. The molecule has 2 aromatic rings. The highest BCUT2D eigenvalue weighted by Crippen LogP contribution is 2.13. The van der Waals surface area contributed by atoms with Crippen molar-refractivity contribution in [3.05, 3.63) is 53.5 Å². The molecule has 18 heavy (non-hydrogen) atoms. The van der Waals surface area contributed by atoms with Gasteiger partial charge in [0.1, 0.15) is 6.26 Å². The van der Waals surface area contributed by atoms with Gasteiger partial charge in [-0.3, -0.25) is 4.79 Å². The maximum absolute atomic E-state index is 11.7. The van der Waals surface area contributed by atoms with Crippen molar-refractivity contribution < 1.29 is 19.1 Å². The van der Waals surface area contributed by atoms with Gasteiger partial charge in [0.2, 0.25) is 0 Å². The van der Waals surface area contributed by atoms with Crippen LogP contribution < -0.4 is 5.32 Å². The molecule has 1 aromatic carbocycles. The summed E-state index contributed by atoms with van der Waals surface area (Å²) in [6.45, 7) is 1.94. The molecule has 1 heterocycles. The molecule has 0 aliphatic rings. The number of carboxylic acid groups (broad SMARTS) is 1. The summed E-state index contributed by atoms with van der Waals surface area (Å²) in [5.41, 5.74) is 1.65. The average Bonchev–Trinajstić information content (AvgIpc) is 2.81. The second kappa shape index (κ2) is 4.75. The van der Waals surface area contributed by atoms with Crippen LogP contribution in [0.1, 0.15) is 26.5 Å². The number of nitrogens with one attached hydrogen (secondary N) is 1. The molecule has 1 aromatic heterocycles. The monoisotopic (exact) mass is 245 g/mol. The van der Waals surface area contributed by atoms with Gasteiger partial charge in [-0.05, 0) is 19.1 Å². The fourth-order valence-corrected chi connectivity index (χ4v) is 1.40. The lowest BCUT2D eigenvalue weighted by atomic mass is 10.2. The highest BCUT2D eigenvalue weighted by Gasteiger charge is 2.14. The van der Waals surface area contributed by atoms with E-state index in [0.29, 0.717) is 5.69 Å². The number of carbonyl (C=O) groups is 2. The van der Waals surface area contributed by atoms with E-state index in [4.69, 9.17) is 9.52 Å². The molecule has 0 aliphatic heterocycles. The molecule has 5 heteroatoms. The van der Waals surface area contributed by atoms with E-state index < -0.39 is 11.9 Å². The Morgan fingerprint density at radius 1 is 1.22 bits per heavy atom. The van der Waals surface area contributed by atoms with E-state index in [1.807, 2.05) is 19.1 Å². The van der Waals surface area contributed by atoms with Crippen LogP contribution in [-0.4, -0.2) is 17.0 Å². The number of hydrogen-bond donors (Lipinski definition) is 2. The number of carbonyl (C=O) groups excluding carboxylic acids is 1. The molecule has 5 nitrogen and oxygen atoms in total. The summed E-state index contributed by atoms with van der Waals surface area (Å²) in [5.74, 6) is -1.65. The van der Waals surface area contributed by atoms with Crippen molar-refractivity contribution in [2.24, 2.45) is 0 Å². The van der Waals surface area contributed by atoms with E-state index in [0.717, 1.165) is 11.8 Å². The Hall–Kier alpha value is -2.56. The number of carboxylic acids is 1. The van der Waals surface area contributed by atoms with Crippen LogP contribution in [0.4, 0.5) is 5.69 Å². The summed E-state index contributed by atoms with van der Waals surface area (Å²) < 4.78 is 4.89. The van der Waals surface area contributed by atoms with E-state index >= 15 is 0 Å². The number of aryl methyl sites for hydroxylation is 1. The smallest absolute Gasteiger partial charge is 0.338 e. The maximum atomic E-state index is 11.7. The normalized spacial score (nSPS) is 10.1. The Kier molecular flexibility index (Phi) is 3.14. The van der Waals surface area contributed by atoms with Gasteiger partial charge in [0, 0.05) is 11.8 Å². The average molecular weight is 245 g/mol. The van der Waals surface area contributed by atoms with Gasteiger partial charge in [0.15, 0.2) is 5.76 Å². The molecule has 0 fully saturated rings. The zero-order valence-electron chi connectivity index (χ0n) is 9.64. The van der Waals surface area contributed by atoms with Crippen molar-refractivity contribution in [2.45, 2.75) is 6.92 Å². The van der Waals surface area contributed by atoms with Gasteiger partial charge in [-0.1, -0.05) is 17.7 Å². The Morgan fingerprint density at radius 3 is 2.44 bits per heavy atom. The number of furan rings is 1. The van der Waals surface area contributed by atoms with E-state index in [-0.39, 0.29) is 11.3 Å². The summed E-state index contributed by atoms with van der Waals surface area (Å²) in [5, 5.41) is 11.3. The van der Waals surface area contributed by atoms with Gasteiger partial charge in [-0.15, -0.1) is 0 Å². The third-order valence-corrected chi connectivity index (χ3v) is 2.38. The zero-order chi connectivity index (χ0) is 13.1. The van der Waals surface area contributed by atoms with E-state index in [9.17, 15) is 9.59 Å². The zero-order valence-corrected chi connectivity index (χ0v) is 9.64. The van der Waals surface area contributed by atoms with Gasteiger partial charge < -0.3 is 14.8 Å². The summed E-state index contributed by atoms with van der Waals surface area (Å²) in [6, 6.07) is 8.43. The SMILES string of the molecule is Cc1ccc(NC(=O)c2cc(C(=O)O)co2)cc1. The van der Waals surface area contributed by atoms with Crippen LogP contribution in [0.25, 0.3) is 0 Å². The Balaban J connectivity index is 2.11. The Labute approximate surface area is 103 Å². The van der Waals surface area contributed by atoms with Crippen molar-refractivity contribution in [3.63, 3.8) is 0 Å². The predicted octanol–water partition coefficient (Wildman–Crippen LogP) is 2.54. The van der Waals surface area contributed by atoms with Gasteiger partial charge in [-0.2, -0.15) is 0 Å². The highest BCUT2D eigenvalue weighted by molar-refractivity contribution is 6.03. The first kappa shape index (κ1) is 11.9. The third-order valence-electron chi connectivity index (χ3n) is 2.38. The molecule has 0 bridgehead atoms. The molecule has 0 saturated heterocycles. The van der Waals surface area contributed by atoms with Crippen LogP contribution in [0, 0.1) is 6.92 Å². The van der Waals surface area contributed by atoms with Crippen LogP contribution in [0.15, 0.2) is 41.0 Å². The van der Waals surface area contributed by atoms with Crippen molar-refractivity contribution in [1.82, 2.24) is 0 Å². The molecule has 0 unspecified atom stereocenters. The first-order valence-corrected chi connectivity index (χ1v) is 5.26. The van der Waals surface area contributed by atoms with Crippen molar-refractivity contribution in [2.75, 3.05) is 5.32 Å². The molecule has 0 radical (unpaired) electrons. The van der Waals surface area contributed by atoms with Crippen molar-refractivity contribution in [3.8, 4) is 0 Å². The number of aromatic carboxylic acids is 1. The highest BCUT2D eigenvalue weighted by atomic mass is 16.4. The largest absolute Gasteiger partial charge is 0.478 e. The van der Waals surface area contributed by atoms with Crippen LogP contribution in [0.5, 0.6) is 0 Å². The molecule has 0 saturated carbocycles. The molecule has 2 rings (SSSR count). The fraction of sp³-hybridized carbons (Fsp3) is 0.0769. The minimum Gasteiger partial charge on any atom is -0.478 e. The Morgan fingerprint density at radius 2 is 1.89 bits per heavy atom. The number of amides is 1. The topological polar surface area (TPSA) is 79.5 Å². The minimum atomic E-state index is -1.13. The maximum Gasteiger partial charge on any atom is 0.338 e. The molecule has 0 aliphatic carbocycles. The molecular weight excluding hydrogens is 234 g/mol. The van der Waals surface area contributed by atoms with E-state index in [2.05, 4.69) is 5.32 Å². The molecule has 92 valence electrons. The first-order valence-electron chi connectivity index (χ1n) is 5.26. The van der Waals surface area contributed by atoms with Gasteiger partial charge in [0.25, 0.3) is 5.91 Å². The number of anilines is 1. The summed E-state index contributed by atoms with van der Waals surface area (Å²) in [4.78, 5) is 22.4. The van der Waals surface area contributed by atoms with Crippen molar-refractivity contribution >= 4 is 17.6 Å². The molecule has 0 spiro atoms. The third kappa shape index (κ3) is 2.57. The fourth-order valence-electron chi connectivity index (χ4n) is 1.40. The Bertz CT molecular complexity index is 583. The van der Waals surface area contributed by atoms with Gasteiger partial charge >= 0.3 is 5.97 Å². The summed E-state index contributed by atoms with van der Waals surface area (Å²) in [7, 11) is 0. The van der Waals surface area contributed by atoms with E-state index in [1.54, 1.807) is 12.1 Å². The second-order valence-corrected chi connectivity index (χ2v) is 3.82. The molecular formula is C13H11NO4.